The standard InChI is InChI=1S/C3H7O.Al.O/c1-3(2)4;;/h3H,1-2H3;;/q-1;+3;-2. The Morgan fingerprint density at radius 1 is 1.33 bits per heavy atom. The van der Waals surface area contributed by atoms with E-state index in [1.54, 1.807) is 13.8 Å². The van der Waals surface area contributed by atoms with E-state index in [1.807, 2.05) is 0 Å². The second-order valence-electron chi connectivity index (χ2n) is 1.05. The molecule has 0 saturated heterocycles. The molecular formula is C3H7AlO2. The summed E-state index contributed by atoms with van der Waals surface area (Å²) in [6.45, 7) is 3.22. The van der Waals surface area contributed by atoms with Crippen LogP contribution >= 0.6 is 0 Å². The Morgan fingerprint density at radius 3 is 1.33 bits per heavy atom. The molecule has 0 unspecified atom stereocenters. The van der Waals surface area contributed by atoms with E-state index in [0.29, 0.717) is 0 Å². The molecule has 0 aromatic carbocycles. The van der Waals surface area contributed by atoms with Crippen LogP contribution in [0.4, 0.5) is 0 Å². The number of rotatable bonds is 0. The molecule has 0 heterocycles. The average molecular weight is 102 g/mol. The van der Waals surface area contributed by atoms with Crippen molar-refractivity contribution in [3.05, 3.63) is 0 Å². The molecule has 2 nitrogen and oxygen atoms in total. The van der Waals surface area contributed by atoms with Gasteiger partial charge in [0.25, 0.3) is 0 Å². The molecule has 0 saturated carbocycles. The van der Waals surface area contributed by atoms with Crippen molar-refractivity contribution >= 4 is 17.4 Å². The van der Waals surface area contributed by atoms with Gasteiger partial charge in [0.05, 0.1) is 0 Å². The molecule has 0 aliphatic carbocycles. The molecule has 6 heavy (non-hydrogen) atoms. The minimum atomic E-state index is -0.417. The summed E-state index contributed by atoms with van der Waals surface area (Å²) in [6, 6.07) is 0. The van der Waals surface area contributed by atoms with Gasteiger partial charge >= 0.3 is 17.4 Å². The van der Waals surface area contributed by atoms with Gasteiger partial charge < -0.3 is 10.6 Å². The largest absolute Gasteiger partial charge is 3.00 e. The third-order valence-electron chi connectivity index (χ3n) is 0. The van der Waals surface area contributed by atoms with E-state index in [2.05, 4.69) is 0 Å². The fraction of sp³-hybridized carbons (Fsp3) is 1.00. The molecule has 34 valence electrons. The summed E-state index contributed by atoms with van der Waals surface area (Å²) in [7, 11) is 0. The molecule has 0 fully saturated rings. The fourth-order valence-electron chi connectivity index (χ4n) is 0. The van der Waals surface area contributed by atoms with Crippen LogP contribution in [-0.4, -0.2) is 23.5 Å². The quantitative estimate of drug-likeness (QED) is 0.371. The maximum atomic E-state index is 9.53. The maximum absolute atomic E-state index is 9.53. The Labute approximate surface area is 48.6 Å². The van der Waals surface area contributed by atoms with E-state index in [9.17, 15) is 5.11 Å². The van der Waals surface area contributed by atoms with E-state index >= 15 is 0 Å². The zero-order valence-electron chi connectivity index (χ0n) is 3.97. The van der Waals surface area contributed by atoms with E-state index in [-0.39, 0.29) is 22.8 Å². The maximum Gasteiger partial charge on any atom is 3.00 e. The van der Waals surface area contributed by atoms with Gasteiger partial charge in [-0.2, -0.15) is 0 Å². The molecule has 0 N–H and O–H groups in total. The number of hydrogen-bond donors (Lipinski definition) is 0. The van der Waals surface area contributed by atoms with Gasteiger partial charge in [0.1, 0.15) is 0 Å². The van der Waals surface area contributed by atoms with Crippen LogP contribution in [0.25, 0.3) is 0 Å². The summed E-state index contributed by atoms with van der Waals surface area (Å²) < 4.78 is 0. The first-order chi connectivity index (χ1) is 1.73. The molecule has 0 radical (unpaired) electrons. The first-order valence-corrected chi connectivity index (χ1v) is 1.39. The first-order valence-electron chi connectivity index (χ1n) is 1.39. The summed E-state index contributed by atoms with van der Waals surface area (Å²) in [4.78, 5) is 0. The molecular weight excluding hydrogens is 95.0 g/mol. The monoisotopic (exact) mass is 102 g/mol. The molecule has 0 rings (SSSR count). The Kier molecular flexibility index (Phi) is 24.3. The smallest absolute Gasteiger partial charge is 2.00 e. The van der Waals surface area contributed by atoms with Gasteiger partial charge in [-0.05, 0) is 0 Å². The van der Waals surface area contributed by atoms with Gasteiger partial charge in [-0.3, -0.25) is 0 Å². The van der Waals surface area contributed by atoms with Crippen LogP contribution in [0.2, 0.25) is 0 Å². The normalized spacial score (nSPS) is 6.00. The summed E-state index contributed by atoms with van der Waals surface area (Å²) in [6.07, 6.45) is -0.417. The molecule has 0 bridgehead atoms. The van der Waals surface area contributed by atoms with Gasteiger partial charge in [0.15, 0.2) is 0 Å². The van der Waals surface area contributed by atoms with Crippen molar-refractivity contribution in [2.75, 3.05) is 0 Å². The van der Waals surface area contributed by atoms with Crippen molar-refractivity contribution < 1.29 is 10.6 Å². The van der Waals surface area contributed by atoms with Crippen molar-refractivity contribution in [3.8, 4) is 0 Å². The molecule has 0 spiro atoms. The first kappa shape index (κ1) is 16.1. The van der Waals surface area contributed by atoms with Crippen LogP contribution in [0.1, 0.15) is 13.8 Å². The van der Waals surface area contributed by atoms with Crippen molar-refractivity contribution in [2.24, 2.45) is 0 Å². The van der Waals surface area contributed by atoms with E-state index < -0.39 is 6.10 Å². The average Bonchev–Trinajstić information content (AvgIpc) is 0.811. The predicted molar refractivity (Wildman–Crippen MR) is 21.6 cm³/mol. The van der Waals surface area contributed by atoms with Crippen molar-refractivity contribution in [1.82, 2.24) is 0 Å². The van der Waals surface area contributed by atoms with Gasteiger partial charge in [-0.15, -0.1) is 6.10 Å². The second-order valence-corrected chi connectivity index (χ2v) is 1.05. The summed E-state index contributed by atoms with van der Waals surface area (Å²) in [5, 5.41) is 9.53. The van der Waals surface area contributed by atoms with Gasteiger partial charge in [0.2, 0.25) is 0 Å². The van der Waals surface area contributed by atoms with E-state index in [1.165, 1.54) is 0 Å². The molecule has 0 atom stereocenters. The number of hydrogen-bond acceptors (Lipinski definition) is 1. The third kappa shape index (κ3) is 259. The zero-order chi connectivity index (χ0) is 3.58. The Bertz CT molecular complexity index is 13.5. The summed E-state index contributed by atoms with van der Waals surface area (Å²) >= 11 is 0. The zero-order valence-corrected chi connectivity index (χ0v) is 5.13. The minimum absolute atomic E-state index is 0. The fourth-order valence-corrected chi connectivity index (χ4v) is 0. The molecule has 0 aromatic rings. The van der Waals surface area contributed by atoms with Crippen LogP contribution in [0.3, 0.4) is 0 Å². The molecule has 0 amide bonds. The van der Waals surface area contributed by atoms with Crippen LogP contribution in [0.15, 0.2) is 0 Å². The minimum Gasteiger partial charge on any atom is -2.00 e. The molecule has 0 aliphatic rings. The van der Waals surface area contributed by atoms with Gasteiger partial charge in [-0.1, -0.05) is 13.8 Å². The van der Waals surface area contributed by atoms with Crippen LogP contribution in [0, 0.1) is 0 Å². The Morgan fingerprint density at radius 2 is 1.33 bits per heavy atom. The van der Waals surface area contributed by atoms with Crippen molar-refractivity contribution in [2.45, 2.75) is 20.0 Å². The molecule has 0 aromatic heterocycles. The Hall–Kier alpha value is 0.452. The predicted octanol–water partition coefficient (Wildman–Crippen LogP) is -0.745. The third-order valence-corrected chi connectivity index (χ3v) is 0. The van der Waals surface area contributed by atoms with Crippen molar-refractivity contribution in [1.29, 1.82) is 0 Å². The van der Waals surface area contributed by atoms with Crippen molar-refractivity contribution in [3.63, 3.8) is 0 Å². The summed E-state index contributed by atoms with van der Waals surface area (Å²) in [5.74, 6) is 0. The second kappa shape index (κ2) is 9.07. The summed E-state index contributed by atoms with van der Waals surface area (Å²) in [5.41, 5.74) is 0. The van der Waals surface area contributed by atoms with Crippen LogP contribution in [0.5, 0.6) is 0 Å². The molecule has 0 aliphatic heterocycles. The Balaban J connectivity index is -0.0000000450. The van der Waals surface area contributed by atoms with Crippen LogP contribution < -0.4 is 5.11 Å². The van der Waals surface area contributed by atoms with Gasteiger partial charge in [-0.25, -0.2) is 0 Å². The van der Waals surface area contributed by atoms with E-state index in [4.69, 9.17) is 0 Å². The van der Waals surface area contributed by atoms with Crippen LogP contribution in [-0.2, 0) is 5.48 Å². The molecule has 3 heteroatoms. The van der Waals surface area contributed by atoms with E-state index in [0.717, 1.165) is 0 Å². The van der Waals surface area contributed by atoms with Gasteiger partial charge in [0, 0.05) is 0 Å². The topological polar surface area (TPSA) is 51.6 Å². The SMILES string of the molecule is CC(C)[O-].[Al+3].[O-2].